The second-order valence-electron chi connectivity index (χ2n) is 4.93. The van der Waals surface area contributed by atoms with Crippen LogP contribution in [0.1, 0.15) is 23.6 Å². The molecule has 0 saturated carbocycles. The van der Waals surface area contributed by atoms with Gasteiger partial charge in [-0.15, -0.1) is 0 Å². The normalized spacial score (nSPS) is 18.2. The zero-order chi connectivity index (χ0) is 11.8. The minimum Gasteiger partial charge on any atom is -0.377 e. The summed E-state index contributed by atoms with van der Waals surface area (Å²) in [6.45, 7) is 9.09. The summed E-state index contributed by atoms with van der Waals surface area (Å²) in [7, 11) is 0. The Kier molecular flexibility index (Phi) is 3.38. The summed E-state index contributed by atoms with van der Waals surface area (Å²) in [6.07, 6.45) is 0. The Morgan fingerprint density at radius 3 is 2.31 bits per heavy atom. The second-order valence-corrected chi connectivity index (χ2v) is 5.84. The smallest absolute Gasteiger partial charge is 0.0669 e. The van der Waals surface area contributed by atoms with Crippen LogP contribution in [0, 0.1) is 13.8 Å². The number of hydrogen-bond donors (Lipinski definition) is 1. The second kappa shape index (κ2) is 4.47. The Labute approximate surface area is 106 Å². The SMILES string of the molecule is Cc1cc(Br)cc(C)c1CNC1(C)COC1. The molecule has 1 aliphatic rings. The summed E-state index contributed by atoms with van der Waals surface area (Å²) in [5.41, 5.74) is 4.24. The van der Waals surface area contributed by atoms with Gasteiger partial charge in [0.25, 0.3) is 0 Å². The van der Waals surface area contributed by atoms with Gasteiger partial charge in [-0.25, -0.2) is 0 Å². The van der Waals surface area contributed by atoms with Crippen LogP contribution < -0.4 is 5.32 Å². The third kappa shape index (κ3) is 2.47. The van der Waals surface area contributed by atoms with E-state index in [0.29, 0.717) is 0 Å². The van der Waals surface area contributed by atoms with E-state index in [1.54, 1.807) is 0 Å². The van der Waals surface area contributed by atoms with Crippen LogP contribution in [0.4, 0.5) is 0 Å². The Morgan fingerprint density at radius 2 is 1.88 bits per heavy atom. The first-order chi connectivity index (χ1) is 7.50. The summed E-state index contributed by atoms with van der Waals surface area (Å²) < 4.78 is 6.39. The molecular formula is C13H18BrNO. The highest BCUT2D eigenvalue weighted by Gasteiger charge is 2.32. The van der Waals surface area contributed by atoms with E-state index in [9.17, 15) is 0 Å². The number of halogens is 1. The van der Waals surface area contributed by atoms with E-state index in [1.807, 2.05) is 0 Å². The van der Waals surface area contributed by atoms with Crippen LogP contribution in [0.5, 0.6) is 0 Å². The van der Waals surface area contributed by atoms with Gasteiger partial charge < -0.3 is 10.1 Å². The van der Waals surface area contributed by atoms with Crippen molar-refractivity contribution in [1.82, 2.24) is 5.32 Å². The summed E-state index contributed by atoms with van der Waals surface area (Å²) in [6, 6.07) is 4.34. The van der Waals surface area contributed by atoms with Gasteiger partial charge >= 0.3 is 0 Å². The molecule has 0 unspecified atom stereocenters. The highest BCUT2D eigenvalue weighted by atomic mass is 79.9. The average Bonchev–Trinajstić information content (AvgIpc) is 2.13. The molecule has 1 fully saturated rings. The van der Waals surface area contributed by atoms with Gasteiger partial charge in [0.15, 0.2) is 0 Å². The van der Waals surface area contributed by atoms with Gasteiger partial charge in [0.05, 0.1) is 18.8 Å². The monoisotopic (exact) mass is 283 g/mol. The van der Waals surface area contributed by atoms with Crippen molar-refractivity contribution in [1.29, 1.82) is 0 Å². The quantitative estimate of drug-likeness (QED) is 0.921. The van der Waals surface area contributed by atoms with Gasteiger partial charge in [0.1, 0.15) is 0 Å². The number of hydrogen-bond acceptors (Lipinski definition) is 2. The number of ether oxygens (including phenoxy) is 1. The van der Waals surface area contributed by atoms with Crippen molar-refractivity contribution >= 4 is 15.9 Å². The molecule has 16 heavy (non-hydrogen) atoms. The lowest BCUT2D eigenvalue weighted by atomic mass is 9.98. The fraction of sp³-hybridized carbons (Fsp3) is 0.538. The molecule has 1 heterocycles. The number of benzene rings is 1. The third-order valence-corrected chi connectivity index (χ3v) is 3.65. The molecule has 1 N–H and O–H groups in total. The molecule has 0 atom stereocenters. The molecule has 0 amide bonds. The van der Waals surface area contributed by atoms with Crippen molar-refractivity contribution in [2.45, 2.75) is 32.9 Å². The number of aryl methyl sites for hydroxylation is 2. The Hall–Kier alpha value is -0.380. The molecule has 1 aliphatic heterocycles. The Morgan fingerprint density at radius 1 is 1.31 bits per heavy atom. The lowest BCUT2D eigenvalue weighted by Gasteiger charge is -2.39. The first-order valence-corrected chi connectivity index (χ1v) is 6.38. The Bertz CT molecular complexity index is 376. The van der Waals surface area contributed by atoms with Crippen molar-refractivity contribution < 1.29 is 4.74 Å². The molecule has 0 spiro atoms. The summed E-state index contributed by atoms with van der Waals surface area (Å²) >= 11 is 3.52. The van der Waals surface area contributed by atoms with Crippen molar-refractivity contribution in [3.63, 3.8) is 0 Å². The van der Waals surface area contributed by atoms with Crippen LogP contribution in [-0.4, -0.2) is 18.8 Å². The summed E-state index contributed by atoms with van der Waals surface area (Å²) in [4.78, 5) is 0. The molecule has 0 aliphatic carbocycles. The number of nitrogens with one attached hydrogen (secondary N) is 1. The van der Waals surface area contributed by atoms with E-state index >= 15 is 0 Å². The maximum absolute atomic E-state index is 5.24. The zero-order valence-corrected chi connectivity index (χ0v) is 11.6. The highest BCUT2D eigenvalue weighted by Crippen LogP contribution is 2.22. The average molecular weight is 284 g/mol. The molecular weight excluding hydrogens is 266 g/mol. The van der Waals surface area contributed by atoms with Crippen LogP contribution in [0.2, 0.25) is 0 Å². The molecule has 0 radical (unpaired) electrons. The van der Waals surface area contributed by atoms with Crippen LogP contribution in [0.25, 0.3) is 0 Å². The van der Waals surface area contributed by atoms with Crippen LogP contribution in [0.3, 0.4) is 0 Å². The van der Waals surface area contributed by atoms with Gasteiger partial charge in [0.2, 0.25) is 0 Å². The van der Waals surface area contributed by atoms with E-state index < -0.39 is 0 Å². The fourth-order valence-corrected chi connectivity index (χ4v) is 2.72. The van der Waals surface area contributed by atoms with Crippen LogP contribution in [-0.2, 0) is 11.3 Å². The van der Waals surface area contributed by atoms with Gasteiger partial charge in [-0.2, -0.15) is 0 Å². The first-order valence-electron chi connectivity index (χ1n) is 5.59. The maximum atomic E-state index is 5.24. The zero-order valence-electron chi connectivity index (χ0n) is 10.1. The van der Waals surface area contributed by atoms with E-state index in [-0.39, 0.29) is 5.54 Å². The Balaban J connectivity index is 2.09. The van der Waals surface area contributed by atoms with E-state index in [4.69, 9.17) is 4.74 Å². The van der Waals surface area contributed by atoms with Crippen molar-refractivity contribution in [3.05, 3.63) is 33.3 Å². The predicted octanol–water partition coefficient (Wildman–Crippen LogP) is 2.94. The van der Waals surface area contributed by atoms with Gasteiger partial charge in [-0.1, -0.05) is 15.9 Å². The van der Waals surface area contributed by atoms with Gasteiger partial charge in [0, 0.05) is 11.0 Å². The standard InChI is InChI=1S/C13H18BrNO/c1-9-4-11(14)5-10(2)12(9)6-15-13(3)7-16-8-13/h4-5,15H,6-8H2,1-3H3. The largest absolute Gasteiger partial charge is 0.377 e. The molecule has 1 aromatic rings. The van der Waals surface area contributed by atoms with Crippen LogP contribution in [0.15, 0.2) is 16.6 Å². The third-order valence-electron chi connectivity index (χ3n) is 3.19. The van der Waals surface area contributed by atoms with Crippen molar-refractivity contribution in [3.8, 4) is 0 Å². The minimum absolute atomic E-state index is 0.173. The summed E-state index contributed by atoms with van der Waals surface area (Å²) in [5.74, 6) is 0. The van der Waals surface area contributed by atoms with Gasteiger partial charge in [-0.3, -0.25) is 0 Å². The topological polar surface area (TPSA) is 21.3 Å². The molecule has 1 saturated heterocycles. The molecule has 3 heteroatoms. The molecule has 2 rings (SSSR count). The van der Waals surface area contributed by atoms with E-state index in [0.717, 1.165) is 24.2 Å². The molecule has 1 aromatic carbocycles. The lowest BCUT2D eigenvalue weighted by molar-refractivity contribution is -0.0650. The molecule has 2 nitrogen and oxygen atoms in total. The van der Waals surface area contributed by atoms with Gasteiger partial charge in [-0.05, 0) is 49.6 Å². The van der Waals surface area contributed by atoms with E-state index in [2.05, 4.69) is 54.2 Å². The predicted molar refractivity (Wildman–Crippen MR) is 69.7 cm³/mol. The first kappa shape index (κ1) is 12.1. The van der Waals surface area contributed by atoms with Crippen molar-refractivity contribution in [2.75, 3.05) is 13.2 Å². The van der Waals surface area contributed by atoms with Crippen LogP contribution >= 0.6 is 15.9 Å². The molecule has 88 valence electrons. The summed E-state index contributed by atoms with van der Waals surface area (Å²) in [5, 5.41) is 3.57. The minimum atomic E-state index is 0.173. The number of rotatable bonds is 3. The van der Waals surface area contributed by atoms with Crippen molar-refractivity contribution in [2.24, 2.45) is 0 Å². The molecule has 0 bridgehead atoms. The maximum Gasteiger partial charge on any atom is 0.0669 e. The van der Waals surface area contributed by atoms with E-state index in [1.165, 1.54) is 16.7 Å². The lowest BCUT2D eigenvalue weighted by Crippen LogP contribution is -2.57. The molecule has 0 aromatic heterocycles. The fourth-order valence-electron chi connectivity index (χ4n) is 2.03. The highest BCUT2D eigenvalue weighted by molar-refractivity contribution is 9.10.